The Kier molecular flexibility index (Phi) is 6.07. The quantitative estimate of drug-likeness (QED) is 0.923. The molecular weight excluding hydrogens is 300 g/mol. The molecule has 3 rings (SSSR count). The first kappa shape index (κ1) is 17.2. The number of pyridine rings is 1. The Morgan fingerprint density at radius 3 is 2.79 bits per heavy atom. The maximum atomic E-state index is 12.4. The number of hydrogen-bond acceptors (Lipinski definition) is 3. The third kappa shape index (κ3) is 4.69. The summed E-state index contributed by atoms with van der Waals surface area (Å²) < 4.78 is 0. The average molecular weight is 330 g/mol. The number of amides is 2. The minimum atomic E-state index is 0.0877. The number of aryl methyl sites for hydroxylation is 1. The van der Waals surface area contributed by atoms with Gasteiger partial charge in [0.25, 0.3) is 0 Å². The molecule has 1 aromatic heterocycles. The third-order valence-electron chi connectivity index (χ3n) is 5.25. The third-order valence-corrected chi connectivity index (χ3v) is 5.25. The fraction of sp³-hybridized carbons (Fsp3) is 0.684. The minimum Gasteiger partial charge on any atom is -0.338 e. The van der Waals surface area contributed by atoms with E-state index < -0.39 is 0 Å². The van der Waals surface area contributed by atoms with Gasteiger partial charge in [0, 0.05) is 43.5 Å². The van der Waals surface area contributed by atoms with Crippen LogP contribution in [-0.2, 0) is 6.42 Å². The standard InChI is InChI=1S/C19H30N4O/c1-16-6-4-7-17(21-16)9-11-20-19(24)23-14-5-8-18(10-15-23)22-12-2-3-13-22/h4,6-7,18H,2-3,5,8-15H2,1H3,(H,20,24)/t18-/m0/s1. The maximum absolute atomic E-state index is 12.4. The summed E-state index contributed by atoms with van der Waals surface area (Å²) in [6.07, 6.45) is 6.94. The second kappa shape index (κ2) is 8.47. The predicted molar refractivity (Wildman–Crippen MR) is 96.1 cm³/mol. The van der Waals surface area contributed by atoms with Gasteiger partial charge < -0.3 is 15.1 Å². The average Bonchev–Trinajstić information content (AvgIpc) is 2.99. The lowest BCUT2D eigenvalue weighted by Gasteiger charge is -2.26. The molecule has 0 aliphatic carbocycles. The topological polar surface area (TPSA) is 48.5 Å². The molecule has 2 aliphatic heterocycles. The van der Waals surface area contributed by atoms with E-state index in [1.165, 1.54) is 32.4 Å². The zero-order valence-corrected chi connectivity index (χ0v) is 14.8. The SMILES string of the molecule is Cc1cccc(CCNC(=O)N2CCC[C@H](N3CCCC3)CC2)n1. The Labute approximate surface area is 145 Å². The van der Waals surface area contributed by atoms with Gasteiger partial charge >= 0.3 is 6.03 Å². The van der Waals surface area contributed by atoms with Crippen LogP contribution in [-0.4, -0.2) is 59.6 Å². The fourth-order valence-electron chi connectivity index (χ4n) is 3.90. The van der Waals surface area contributed by atoms with Gasteiger partial charge in [0.1, 0.15) is 0 Å². The number of nitrogens with one attached hydrogen (secondary N) is 1. The van der Waals surface area contributed by atoms with Gasteiger partial charge in [-0.15, -0.1) is 0 Å². The smallest absolute Gasteiger partial charge is 0.317 e. The van der Waals surface area contributed by atoms with Crippen LogP contribution < -0.4 is 5.32 Å². The van der Waals surface area contributed by atoms with E-state index in [1.54, 1.807) is 0 Å². The molecule has 0 radical (unpaired) electrons. The molecule has 2 saturated heterocycles. The molecule has 2 amide bonds. The Bertz CT molecular complexity index is 542. The number of nitrogens with zero attached hydrogens (tertiary/aromatic N) is 3. The van der Waals surface area contributed by atoms with Gasteiger partial charge in [0.05, 0.1) is 0 Å². The monoisotopic (exact) mass is 330 g/mol. The highest BCUT2D eigenvalue weighted by Gasteiger charge is 2.26. The second-order valence-electron chi connectivity index (χ2n) is 7.07. The molecule has 0 spiro atoms. The molecule has 5 nitrogen and oxygen atoms in total. The van der Waals surface area contributed by atoms with E-state index in [2.05, 4.69) is 15.2 Å². The molecule has 24 heavy (non-hydrogen) atoms. The van der Waals surface area contributed by atoms with Gasteiger partial charge in [0.2, 0.25) is 0 Å². The zero-order valence-electron chi connectivity index (χ0n) is 14.8. The highest BCUT2D eigenvalue weighted by atomic mass is 16.2. The molecule has 0 unspecified atom stereocenters. The van der Waals surface area contributed by atoms with Crippen LogP contribution in [0.25, 0.3) is 0 Å². The molecule has 5 heteroatoms. The number of rotatable bonds is 4. The van der Waals surface area contributed by atoms with Crippen LogP contribution in [0.15, 0.2) is 18.2 Å². The minimum absolute atomic E-state index is 0.0877. The fourth-order valence-corrected chi connectivity index (χ4v) is 3.90. The molecule has 2 fully saturated rings. The molecule has 3 heterocycles. The molecular formula is C19H30N4O. The summed E-state index contributed by atoms with van der Waals surface area (Å²) in [4.78, 5) is 21.5. The summed E-state index contributed by atoms with van der Waals surface area (Å²) in [5, 5.41) is 3.07. The Hall–Kier alpha value is -1.62. The Morgan fingerprint density at radius 2 is 2.00 bits per heavy atom. The summed E-state index contributed by atoms with van der Waals surface area (Å²) >= 11 is 0. The summed E-state index contributed by atoms with van der Waals surface area (Å²) in [5.41, 5.74) is 2.07. The Morgan fingerprint density at radius 1 is 1.17 bits per heavy atom. The molecule has 132 valence electrons. The normalized spacial score (nSPS) is 22.4. The van der Waals surface area contributed by atoms with Gasteiger partial charge in [-0.05, 0) is 64.3 Å². The molecule has 0 aromatic carbocycles. The van der Waals surface area contributed by atoms with Crippen molar-refractivity contribution in [3.8, 4) is 0 Å². The van der Waals surface area contributed by atoms with Crippen molar-refractivity contribution in [3.05, 3.63) is 29.6 Å². The van der Waals surface area contributed by atoms with E-state index in [9.17, 15) is 4.79 Å². The van der Waals surface area contributed by atoms with Crippen molar-refractivity contribution >= 4 is 6.03 Å². The summed E-state index contributed by atoms with van der Waals surface area (Å²) in [7, 11) is 0. The lowest BCUT2D eigenvalue weighted by molar-refractivity contribution is 0.194. The highest BCUT2D eigenvalue weighted by molar-refractivity contribution is 5.74. The van der Waals surface area contributed by atoms with Crippen LogP contribution in [0.3, 0.4) is 0 Å². The van der Waals surface area contributed by atoms with Gasteiger partial charge in [-0.3, -0.25) is 4.98 Å². The van der Waals surface area contributed by atoms with E-state index in [1.807, 2.05) is 30.0 Å². The van der Waals surface area contributed by atoms with E-state index in [0.29, 0.717) is 12.6 Å². The molecule has 0 bridgehead atoms. The molecule has 1 N–H and O–H groups in total. The van der Waals surface area contributed by atoms with Crippen molar-refractivity contribution in [3.63, 3.8) is 0 Å². The molecule has 2 aliphatic rings. The van der Waals surface area contributed by atoms with E-state index >= 15 is 0 Å². The molecule has 1 aromatic rings. The number of aromatic nitrogens is 1. The van der Waals surface area contributed by atoms with Crippen molar-refractivity contribution in [2.75, 3.05) is 32.7 Å². The van der Waals surface area contributed by atoms with E-state index in [-0.39, 0.29) is 6.03 Å². The first-order chi connectivity index (χ1) is 11.7. The summed E-state index contributed by atoms with van der Waals surface area (Å²) in [6.45, 7) is 6.92. The first-order valence-corrected chi connectivity index (χ1v) is 9.42. The maximum Gasteiger partial charge on any atom is 0.317 e. The van der Waals surface area contributed by atoms with Crippen LogP contribution in [0.5, 0.6) is 0 Å². The lowest BCUT2D eigenvalue weighted by atomic mass is 10.1. The van der Waals surface area contributed by atoms with Crippen molar-refractivity contribution in [2.45, 2.75) is 51.5 Å². The van der Waals surface area contributed by atoms with Crippen LogP contribution in [0.4, 0.5) is 4.79 Å². The predicted octanol–water partition coefficient (Wildman–Crippen LogP) is 2.59. The highest BCUT2D eigenvalue weighted by Crippen LogP contribution is 2.21. The number of carbonyl (C=O) groups excluding carboxylic acids is 1. The summed E-state index contributed by atoms with van der Waals surface area (Å²) in [5.74, 6) is 0. The van der Waals surface area contributed by atoms with Crippen molar-refractivity contribution in [1.29, 1.82) is 0 Å². The van der Waals surface area contributed by atoms with Crippen LogP contribution >= 0.6 is 0 Å². The second-order valence-corrected chi connectivity index (χ2v) is 7.07. The number of urea groups is 1. The van der Waals surface area contributed by atoms with Crippen LogP contribution in [0.2, 0.25) is 0 Å². The van der Waals surface area contributed by atoms with Gasteiger partial charge in [0.15, 0.2) is 0 Å². The zero-order chi connectivity index (χ0) is 16.8. The van der Waals surface area contributed by atoms with E-state index in [4.69, 9.17) is 0 Å². The van der Waals surface area contributed by atoms with Crippen molar-refractivity contribution in [1.82, 2.24) is 20.1 Å². The molecule has 0 saturated carbocycles. The Balaban J connectivity index is 1.41. The number of carbonyl (C=O) groups is 1. The number of hydrogen-bond donors (Lipinski definition) is 1. The van der Waals surface area contributed by atoms with Crippen molar-refractivity contribution in [2.24, 2.45) is 0 Å². The lowest BCUT2D eigenvalue weighted by Crippen LogP contribution is -2.42. The van der Waals surface area contributed by atoms with Crippen LogP contribution in [0, 0.1) is 6.92 Å². The van der Waals surface area contributed by atoms with Gasteiger partial charge in [-0.1, -0.05) is 6.07 Å². The van der Waals surface area contributed by atoms with Gasteiger partial charge in [-0.2, -0.15) is 0 Å². The van der Waals surface area contributed by atoms with Gasteiger partial charge in [-0.25, -0.2) is 4.79 Å². The largest absolute Gasteiger partial charge is 0.338 e. The number of likely N-dealkylation sites (tertiary alicyclic amines) is 2. The first-order valence-electron chi connectivity index (χ1n) is 9.42. The molecule has 1 atom stereocenters. The van der Waals surface area contributed by atoms with Crippen LogP contribution in [0.1, 0.15) is 43.5 Å². The van der Waals surface area contributed by atoms with Crippen molar-refractivity contribution < 1.29 is 4.79 Å². The van der Waals surface area contributed by atoms with E-state index in [0.717, 1.165) is 43.7 Å². The summed E-state index contributed by atoms with van der Waals surface area (Å²) in [6, 6.07) is 6.81.